The van der Waals surface area contributed by atoms with E-state index in [0.29, 0.717) is 37.2 Å². The van der Waals surface area contributed by atoms with E-state index >= 15 is 0 Å². The van der Waals surface area contributed by atoms with Gasteiger partial charge in [0.1, 0.15) is 24.1 Å². The van der Waals surface area contributed by atoms with Crippen LogP contribution in [0.1, 0.15) is 73.7 Å². The smallest absolute Gasteiger partial charge is 0.254 e. The number of oxime groups is 1. The molecule has 6 atom stereocenters. The second-order valence-electron chi connectivity index (χ2n) is 13.7. The van der Waals surface area contributed by atoms with Crippen LogP contribution < -0.4 is 4.74 Å². The molecule has 0 radical (unpaired) electrons. The van der Waals surface area contributed by atoms with Crippen molar-refractivity contribution < 1.29 is 34.4 Å². The van der Waals surface area contributed by atoms with Gasteiger partial charge in [0.2, 0.25) is 5.79 Å². The van der Waals surface area contributed by atoms with Gasteiger partial charge in [0.05, 0.1) is 18.2 Å². The lowest BCUT2D eigenvalue weighted by Crippen LogP contribution is -2.69. The molecule has 9 nitrogen and oxygen atoms in total. The first-order valence-electron chi connectivity index (χ1n) is 18.0. The monoisotopic (exact) mass is 682 g/mol. The van der Waals surface area contributed by atoms with E-state index < -0.39 is 17.7 Å². The standard InChI is InChI=1S/C41H50N2O7/c1-4-22-48-41-37(43(3)40(47)30-17-16-27-12-6-7-13-28(27)23-30)26-35(42-49-5-2)33-24-29(14-8-10-20-44)32(15-9-11-21-45)38(39(33)41)34-25-31(46)18-19-36(34)50-41/h4,6-7,12-13,16-19,23-25,29,32,37-39,44-46H,1,5,8-11,14-15,20-22,26H2,2-3H3. The van der Waals surface area contributed by atoms with Crippen LogP contribution >= 0.6 is 0 Å². The van der Waals surface area contributed by atoms with E-state index in [4.69, 9.17) is 19.5 Å². The summed E-state index contributed by atoms with van der Waals surface area (Å²) in [6.07, 6.45) is 9.08. The molecule has 3 aromatic carbocycles. The molecular weight excluding hydrogens is 632 g/mol. The van der Waals surface area contributed by atoms with E-state index in [1.54, 1.807) is 36.2 Å². The van der Waals surface area contributed by atoms with Crippen LogP contribution in [-0.4, -0.2) is 77.1 Å². The summed E-state index contributed by atoms with van der Waals surface area (Å²) in [5, 5.41) is 37.0. The van der Waals surface area contributed by atoms with E-state index in [1.807, 2.05) is 49.4 Å². The van der Waals surface area contributed by atoms with Crippen molar-refractivity contribution in [1.29, 1.82) is 0 Å². The van der Waals surface area contributed by atoms with Crippen molar-refractivity contribution in [3.05, 3.63) is 96.1 Å². The van der Waals surface area contributed by atoms with Crippen LogP contribution in [0.25, 0.3) is 10.8 Å². The number of hydrogen-bond acceptors (Lipinski definition) is 8. The van der Waals surface area contributed by atoms with E-state index in [0.717, 1.165) is 53.3 Å². The Morgan fingerprint density at radius 3 is 2.54 bits per heavy atom. The van der Waals surface area contributed by atoms with Crippen LogP contribution in [-0.2, 0) is 9.57 Å². The molecule has 6 unspecified atom stereocenters. The Labute approximate surface area is 294 Å². The maximum absolute atomic E-state index is 14.5. The van der Waals surface area contributed by atoms with Gasteiger partial charge in [-0.05, 0) is 91.1 Å². The Morgan fingerprint density at radius 1 is 1.04 bits per heavy atom. The third-order valence-electron chi connectivity index (χ3n) is 10.7. The van der Waals surface area contributed by atoms with Gasteiger partial charge in [0.25, 0.3) is 5.91 Å². The van der Waals surface area contributed by atoms with Crippen LogP contribution in [0.2, 0.25) is 0 Å². The normalized spacial score (nSPS) is 26.0. The molecule has 0 spiro atoms. The van der Waals surface area contributed by atoms with Crippen molar-refractivity contribution in [2.24, 2.45) is 22.9 Å². The lowest BCUT2D eigenvalue weighted by atomic mass is 9.55. The van der Waals surface area contributed by atoms with Crippen molar-refractivity contribution in [2.45, 2.75) is 69.6 Å². The summed E-state index contributed by atoms with van der Waals surface area (Å²) in [7, 11) is 1.80. The number of nitrogens with zero attached hydrogens (tertiary/aromatic N) is 2. The second-order valence-corrected chi connectivity index (χ2v) is 13.7. The molecule has 2 aliphatic carbocycles. The Balaban J connectivity index is 1.54. The summed E-state index contributed by atoms with van der Waals surface area (Å²) >= 11 is 0. The maximum atomic E-state index is 14.5. The predicted octanol–water partition coefficient (Wildman–Crippen LogP) is 6.97. The number of carbonyl (C=O) groups is 1. The summed E-state index contributed by atoms with van der Waals surface area (Å²) < 4.78 is 14.0. The number of likely N-dealkylation sites (N-methyl/N-ethyl adjacent to an activating group) is 1. The van der Waals surface area contributed by atoms with Gasteiger partial charge in [0.15, 0.2) is 0 Å². The molecule has 50 heavy (non-hydrogen) atoms. The average molecular weight is 683 g/mol. The number of ether oxygens (including phenoxy) is 2. The number of unbranched alkanes of at least 4 members (excludes halogenated alkanes) is 2. The molecular formula is C41H50N2O7. The predicted molar refractivity (Wildman–Crippen MR) is 194 cm³/mol. The first-order valence-corrected chi connectivity index (χ1v) is 18.0. The minimum Gasteiger partial charge on any atom is -0.508 e. The molecule has 9 heteroatoms. The highest BCUT2D eigenvalue weighted by Gasteiger charge is 2.65. The fraction of sp³-hybridized carbons (Fsp3) is 0.463. The van der Waals surface area contributed by atoms with Crippen molar-refractivity contribution >= 4 is 22.4 Å². The number of phenols is 1. The van der Waals surface area contributed by atoms with E-state index in [9.17, 15) is 20.1 Å². The highest BCUT2D eigenvalue weighted by Crippen LogP contribution is 2.61. The minimum atomic E-state index is -1.33. The van der Waals surface area contributed by atoms with E-state index in [2.05, 4.69) is 12.7 Å². The quantitative estimate of drug-likeness (QED) is 0.0900. The van der Waals surface area contributed by atoms with E-state index in [-0.39, 0.29) is 49.2 Å². The fourth-order valence-electron chi connectivity index (χ4n) is 8.55. The SMILES string of the molecule is C=CCOC12Oc3ccc(O)cc3C3C(CCCCO)C(CCCCO)C=C(C(=NOCC)CC1N(C)C(=O)c1ccc4ccccc4c1)C32. The Bertz CT molecular complexity index is 1740. The third kappa shape index (κ3) is 6.78. The number of rotatable bonds is 15. The largest absolute Gasteiger partial charge is 0.508 e. The maximum Gasteiger partial charge on any atom is 0.254 e. The lowest BCUT2D eigenvalue weighted by molar-refractivity contribution is -0.252. The lowest BCUT2D eigenvalue weighted by Gasteiger charge is -2.59. The van der Waals surface area contributed by atoms with Crippen molar-refractivity contribution in [3.63, 3.8) is 0 Å². The number of carbonyl (C=O) groups excluding carboxylic acids is 1. The molecule has 6 rings (SSSR count). The molecule has 3 aromatic rings. The number of benzene rings is 3. The number of aliphatic hydroxyl groups excluding tert-OH is 2. The topological polar surface area (TPSA) is 121 Å². The molecule has 0 bridgehead atoms. The molecule has 1 saturated carbocycles. The van der Waals surface area contributed by atoms with Gasteiger partial charge in [-0.3, -0.25) is 4.79 Å². The molecule has 3 aliphatic rings. The van der Waals surface area contributed by atoms with Crippen LogP contribution in [0.3, 0.4) is 0 Å². The zero-order valence-electron chi connectivity index (χ0n) is 29.2. The van der Waals surface area contributed by atoms with Gasteiger partial charge in [-0.2, -0.15) is 0 Å². The highest BCUT2D eigenvalue weighted by atomic mass is 16.7. The van der Waals surface area contributed by atoms with Gasteiger partial charge < -0.3 is 34.5 Å². The Hall–Kier alpha value is -4.18. The van der Waals surface area contributed by atoms with Gasteiger partial charge in [0, 0.05) is 43.7 Å². The summed E-state index contributed by atoms with van der Waals surface area (Å²) in [5.74, 6) is -1.10. The van der Waals surface area contributed by atoms with Crippen LogP contribution in [0, 0.1) is 17.8 Å². The minimum absolute atomic E-state index is 0.0961. The molecule has 266 valence electrons. The number of allylic oxidation sites excluding steroid dienone is 1. The summed E-state index contributed by atoms with van der Waals surface area (Å²) in [5.41, 5.74) is 3.16. The Kier molecular flexibility index (Phi) is 11.3. The summed E-state index contributed by atoms with van der Waals surface area (Å²) in [4.78, 5) is 22.0. The molecule has 1 fully saturated rings. The highest BCUT2D eigenvalue weighted by molar-refractivity contribution is 6.04. The number of aliphatic hydroxyl groups is 2. The molecule has 0 aromatic heterocycles. The zero-order valence-corrected chi connectivity index (χ0v) is 29.2. The van der Waals surface area contributed by atoms with E-state index in [1.165, 1.54) is 0 Å². The molecule has 1 heterocycles. The number of phenolic OH excluding ortho intramolecular Hbond substituents is 1. The van der Waals surface area contributed by atoms with Gasteiger partial charge >= 0.3 is 0 Å². The van der Waals surface area contributed by atoms with Crippen LogP contribution in [0.4, 0.5) is 0 Å². The Morgan fingerprint density at radius 2 is 1.80 bits per heavy atom. The van der Waals surface area contributed by atoms with Crippen LogP contribution in [0.15, 0.2) is 90.1 Å². The number of hydrogen-bond donors (Lipinski definition) is 3. The van der Waals surface area contributed by atoms with Crippen molar-refractivity contribution in [2.75, 3.05) is 33.5 Å². The van der Waals surface area contributed by atoms with Crippen LogP contribution in [0.5, 0.6) is 11.5 Å². The van der Waals surface area contributed by atoms with Gasteiger partial charge in [-0.1, -0.05) is 60.5 Å². The third-order valence-corrected chi connectivity index (χ3v) is 10.7. The second kappa shape index (κ2) is 15.8. The molecule has 0 saturated heterocycles. The van der Waals surface area contributed by atoms with Gasteiger partial charge in [-0.15, -0.1) is 6.58 Å². The van der Waals surface area contributed by atoms with Gasteiger partial charge in [-0.25, -0.2) is 0 Å². The molecule has 1 amide bonds. The summed E-state index contributed by atoms with van der Waals surface area (Å²) in [6, 6.07) is 18.3. The molecule has 3 N–H and O–H groups in total. The first-order chi connectivity index (χ1) is 24.4. The van der Waals surface area contributed by atoms with Crippen molar-refractivity contribution in [1.82, 2.24) is 4.90 Å². The number of fused-ring (bicyclic) bond motifs is 3. The zero-order chi connectivity index (χ0) is 35.3. The molecule has 1 aliphatic heterocycles. The number of aromatic hydroxyl groups is 1. The fourth-order valence-corrected chi connectivity index (χ4v) is 8.55. The summed E-state index contributed by atoms with van der Waals surface area (Å²) in [6.45, 7) is 6.67. The first kappa shape index (κ1) is 35.6. The number of amides is 1. The average Bonchev–Trinajstić information content (AvgIpc) is 3.13. The van der Waals surface area contributed by atoms with Crippen molar-refractivity contribution in [3.8, 4) is 11.5 Å².